The molecule has 0 bridgehead atoms. The van der Waals surface area contributed by atoms with E-state index in [1.54, 1.807) is 0 Å². The zero-order valence-electron chi connectivity index (χ0n) is 10.6. The molecule has 1 saturated carbocycles. The minimum Gasteiger partial charge on any atom is -0.394 e. The van der Waals surface area contributed by atoms with Crippen molar-refractivity contribution in [2.75, 3.05) is 12.4 Å². The molecule has 18 heavy (non-hydrogen) atoms. The molecule has 5 heteroatoms. The van der Waals surface area contributed by atoms with Crippen LogP contribution in [-0.2, 0) is 6.54 Å². The molecule has 0 aromatic carbocycles. The lowest BCUT2D eigenvalue weighted by Crippen LogP contribution is -2.16. The van der Waals surface area contributed by atoms with E-state index < -0.39 is 6.10 Å². The molecule has 1 aromatic rings. The predicted molar refractivity (Wildman–Crippen MR) is 72.7 cm³/mol. The summed E-state index contributed by atoms with van der Waals surface area (Å²) in [5, 5.41) is 22.5. The van der Waals surface area contributed by atoms with Gasteiger partial charge < -0.3 is 15.5 Å². The van der Waals surface area contributed by atoms with E-state index in [-0.39, 0.29) is 6.61 Å². The molecule has 1 aromatic heterocycles. The van der Waals surface area contributed by atoms with Crippen LogP contribution in [0.3, 0.4) is 0 Å². The smallest absolute Gasteiger partial charge is 0.0990 e. The highest BCUT2D eigenvalue weighted by atomic mass is 32.2. The average Bonchev–Trinajstić information content (AvgIpc) is 3.18. The number of hydrogen-bond donors (Lipinski definition) is 3. The number of nitrogens with one attached hydrogen (secondary N) is 1. The Labute approximate surface area is 112 Å². The van der Waals surface area contributed by atoms with E-state index in [0.717, 1.165) is 17.1 Å². The number of nitrogens with zero attached hydrogens (tertiary/aromatic N) is 1. The largest absolute Gasteiger partial charge is 0.394 e. The molecule has 1 unspecified atom stereocenters. The Balaban J connectivity index is 1.87. The van der Waals surface area contributed by atoms with E-state index in [0.29, 0.717) is 11.8 Å². The number of aromatic nitrogens is 1. The van der Waals surface area contributed by atoms with Crippen LogP contribution in [0, 0.1) is 6.92 Å². The van der Waals surface area contributed by atoms with Gasteiger partial charge in [-0.25, -0.2) is 4.98 Å². The Kier molecular flexibility index (Phi) is 5.00. The van der Waals surface area contributed by atoms with Gasteiger partial charge in [-0.15, -0.1) is 11.8 Å². The number of hydrogen-bond acceptors (Lipinski definition) is 5. The van der Waals surface area contributed by atoms with Crippen molar-refractivity contribution < 1.29 is 10.2 Å². The Bertz CT molecular complexity index is 397. The molecule has 0 amide bonds. The zero-order valence-corrected chi connectivity index (χ0v) is 11.4. The summed E-state index contributed by atoms with van der Waals surface area (Å²) < 4.78 is 0. The van der Waals surface area contributed by atoms with Gasteiger partial charge in [0.2, 0.25) is 0 Å². The van der Waals surface area contributed by atoms with Gasteiger partial charge in [-0.05, 0) is 30.9 Å². The summed E-state index contributed by atoms with van der Waals surface area (Å²) in [6.45, 7) is 2.71. The van der Waals surface area contributed by atoms with E-state index >= 15 is 0 Å². The summed E-state index contributed by atoms with van der Waals surface area (Å²) in [6, 6.07) is 2.84. The fourth-order valence-electron chi connectivity index (χ4n) is 1.65. The van der Waals surface area contributed by atoms with Gasteiger partial charge in [0.05, 0.1) is 17.7 Å². The number of thioether (sulfide) groups is 1. The molecule has 1 heterocycles. The zero-order chi connectivity index (χ0) is 13.0. The first kappa shape index (κ1) is 13.8. The summed E-state index contributed by atoms with van der Waals surface area (Å²) in [5.41, 5.74) is 2.33. The average molecular weight is 268 g/mol. The Morgan fingerprint density at radius 2 is 2.33 bits per heavy atom. The van der Waals surface area contributed by atoms with Gasteiger partial charge in [0.25, 0.3) is 0 Å². The van der Waals surface area contributed by atoms with Crippen LogP contribution in [0.4, 0.5) is 0 Å². The van der Waals surface area contributed by atoms with Gasteiger partial charge in [0.1, 0.15) is 0 Å². The van der Waals surface area contributed by atoms with Crippen molar-refractivity contribution in [1.29, 1.82) is 0 Å². The molecule has 0 spiro atoms. The summed E-state index contributed by atoms with van der Waals surface area (Å²) in [4.78, 5) is 4.41. The summed E-state index contributed by atoms with van der Waals surface area (Å²) in [6.07, 6.45) is 3.79. The van der Waals surface area contributed by atoms with E-state index in [2.05, 4.69) is 16.4 Å². The summed E-state index contributed by atoms with van der Waals surface area (Å²) >= 11 is 1.48. The van der Waals surface area contributed by atoms with E-state index in [4.69, 9.17) is 5.11 Å². The lowest BCUT2D eigenvalue weighted by Gasteiger charge is -2.10. The SMILES string of the molecule is Cc1cc(CNC2CC2)cnc1SCC(O)CO. The highest BCUT2D eigenvalue weighted by Gasteiger charge is 2.20. The molecular formula is C13H20N2O2S. The predicted octanol–water partition coefficient (Wildman–Crippen LogP) is 1.09. The second kappa shape index (κ2) is 6.52. The van der Waals surface area contributed by atoms with E-state index in [9.17, 15) is 5.11 Å². The normalized spacial score (nSPS) is 16.8. The van der Waals surface area contributed by atoms with E-state index in [1.165, 1.54) is 30.2 Å². The number of aryl methyl sites for hydroxylation is 1. The molecule has 100 valence electrons. The van der Waals surface area contributed by atoms with Gasteiger partial charge >= 0.3 is 0 Å². The van der Waals surface area contributed by atoms with Crippen molar-refractivity contribution in [2.24, 2.45) is 0 Å². The fraction of sp³-hybridized carbons (Fsp3) is 0.615. The monoisotopic (exact) mass is 268 g/mol. The van der Waals surface area contributed by atoms with Crippen molar-refractivity contribution in [3.8, 4) is 0 Å². The molecule has 1 fully saturated rings. The van der Waals surface area contributed by atoms with Crippen molar-refractivity contribution in [1.82, 2.24) is 10.3 Å². The Morgan fingerprint density at radius 1 is 1.56 bits per heavy atom. The topological polar surface area (TPSA) is 65.4 Å². The van der Waals surface area contributed by atoms with Gasteiger partial charge in [-0.3, -0.25) is 0 Å². The third-order valence-corrected chi connectivity index (χ3v) is 4.13. The van der Waals surface area contributed by atoms with Crippen molar-refractivity contribution >= 4 is 11.8 Å². The second-order valence-corrected chi connectivity index (χ2v) is 5.78. The van der Waals surface area contributed by atoms with Crippen LogP contribution in [0.5, 0.6) is 0 Å². The van der Waals surface area contributed by atoms with Gasteiger partial charge in [-0.2, -0.15) is 0 Å². The number of aliphatic hydroxyl groups excluding tert-OH is 2. The van der Waals surface area contributed by atoms with Crippen LogP contribution in [0.15, 0.2) is 17.3 Å². The van der Waals surface area contributed by atoms with Gasteiger partial charge in [-0.1, -0.05) is 6.07 Å². The molecule has 1 aliphatic carbocycles. The van der Waals surface area contributed by atoms with Crippen molar-refractivity contribution in [3.05, 3.63) is 23.4 Å². The molecule has 0 aliphatic heterocycles. The Morgan fingerprint density at radius 3 is 2.94 bits per heavy atom. The van der Waals surface area contributed by atoms with Gasteiger partial charge in [0.15, 0.2) is 0 Å². The Hall–Kier alpha value is -0.620. The van der Waals surface area contributed by atoms with Crippen LogP contribution in [0.1, 0.15) is 24.0 Å². The molecule has 1 atom stereocenters. The maximum atomic E-state index is 9.31. The van der Waals surface area contributed by atoms with Crippen LogP contribution in [-0.4, -0.2) is 39.7 Å². The highest BCUT2D eigenvalue weighted by molar-refractivity contribution is 7.99. The van der Waals surface area contributed by atoms with Crippen LogP contribution < -0.4 is 5.32 Å². The first-order chi connectivity index (χ1) is 8.69. The molecule has 0 saturated heterocycles. The molecule has 0 radical (unpaired) electrons. The molecule has 1 aliphatic rings. The third-order valence-electron chi connectivity index (χ3n) is 2.88. The number of pyridine rings is 1. The maximum absolute atomic E-state index is 9.31. The van der Waals surface area contributed by atoms with Crippen LogP contribution >= 0.6 is 11.8 Å². The first-order valence-corrected chi connectivity index (χ1v) is 7.28. The van der Waals surface area contributed by atoms with Crippen molar-refractivity contribution in [3.63, 3.8) is 0 Å². The van der Waals surface area contributed by atoms with Crippen LogP contribution in [0.25, 0.3) is 0 Å². The maximum Gasteiger partial charge on any atom is 0.0990 e. The lowest BCUT2D eigenvalue weighted by atomic mass is 10.2. The van der Waals surface area contributed by atoms with E-state index in [1.807, 2.05) is 13.1 Å². The number of aliphatic hydroxyl groups is 2. The van der Waals surface area contributed by atoms with Crippen LogP contribution in [0.2, 0.25) is 0 Å². The molecule has 3 N–H and O–H groups in total. The minimum absolute atomic E-state index is 0.199. The second-order valence-electron chi connectivity index (χ2n) is 4.77. The third kappa shape index (κ3) is 4.24. The minimum atomic E-state index is -0.674. The lowest BCUT2D eigenvalue weighted by molar-refractivity contribution is 0.113. The number of rotatable bonds is 7. The summed E-state index contributed by atoms with van der Waals surface area (Å²) in [5.74, 6) is 0.476. The van der Waals surface area contributed by atoms with Gasteiger partial charge in [0, 0.05) is 24.5 Å². The first-order valence-electron chi connectivity index (χ1n) is 6.29. The fourth-order valence-corrected chi connectivity index (χ4v) is 2.52. The standard InChI is InChI=1S/C13H20N2O2S/c1-9-4-10(5-14-11-2-3-11)6-15-13(9)18-8-12(17)7-16/h4,6,11-12,14,16-17H,2-3,5,7-8H2,1H3. The molecule has 4 nitrogen and oxygen atoms in total. The molecule has 2 rings (SSSR count). The quantitative estimate of drug-likeness (QED) is 0.646. The summed E-state index contributed by atoms with van der Waals surface area (Å²) in [7, 11) is 0. The highest BCUT2D eigenvalue weighted by Crippen LogP contribution is 2.22. The molecular weight excluding hydrogens is 248 g/mol. The van der Waals surface area contributed by atoms with Crippen molar-refractivity contribution in [2.45, 2.75) is 43.5 Å².